The summed E-state index contributed by atoms with van der Waals surface area (Å²) in [6.45, 7) is 0. The summed E-state index contributed by atoms with van der Waals surface area (Å²) in [7, 11) is 2.16. The number of nitrogens with zero attached hydrogens (tertiary/aromatic N) is 4. The van der Waals surface area contributed by atoms with Gasteiger partial charge >= 0.3 is 6.01 Å². The van der Waals surface area contributed by atoms with E-state index in [0.717, 1.165) is 0 Å². The highest BCUT2D eigenvalue weighted by Gasteiger charge is 2.18. The predicted octanol–water partition coefficient (Wildman–Crippen LogP) is 4.29. The Kier molecular flexibility index (Phi) is 4.56. The first kappa shape index (κ1) is 16.6. The molecule has 134 valence electrons. The Hall–Kier alpha value is -2.89. The standard InChI is InChI=1S/C20H22N4O2/c1-24(14-5-3-2-4-6-14)15-7-9-16(10-8-15)26-20-22-18-13-21-12-11-17(18)19(25)23-20/h7-14H,2-6H2,1H3,(H,22,23,25). The van der Waals surface area contributed by atoms with Crippen LogP contribution in [0.15, 0.2) is 42.7 Å². The van der Waals surface area contributed by atoms with Gasteiger partial charge < -0.3 is 14.7 Å². The Balaban J connectivity index is 1.50. The summed E-state index contributed by atoms with van der Waals surface area (Å²) in [6, 6.07) is 10.3. The van der Waals surface area contributed by atoms with Gasteiger partial charge in [0.1, 0.15) is 5.75 Å². The minimum Gasteiger partial charge on any atom is -0.493 e. The van der Waals surface area contributed by atoms with Gasteiger partial charge in [0.05, 0.1) is 17.1 Å². The smallest absolute Gasteiger partial charge is 0.325 e. The van der Waals surface area contributed by atoms with Crippen molar-refractivity contribution in [1.82, 2.24) is 15.0 Å². The van der Waals surface area contributed by atoms with Gasteiger partial charge in [0.2, 0.25) is 5.88 Å². The van der Waals surface area contributed by atoms with Gasteiger partial charge in [-0.15, -0.1) is 0 Å². The molecule has 3 aromatic rings. The fraction of sp³-hybridized carbons (Fsp3) is 0.350. The van der Waals surface area contributed by atoms with Gasteiger partial charge in [-0.1, -0.05) is 19.3 Å². The van der Waals surface area contributed by atoms with Gasteiger partial charge in [0, 0.05) is 25.0 Å². The van der Waals surface area contributed by atoms with Crippen molar-refractivity contribution in [1.29, 1.82) is 0 Å². The zero-order valence-electron chi connectivity index (χ0n) is 14.8. The number of aromatic hydroxyl groups is 1. The molecular formula is C20H22N4O2. The van der Waals surface area contributed by atoms with Crippen molar-refractivity contribution < 1.29 is 9.84 Å². The molecule has 0 spiro atoms. The second-order valence-electron chi connectivity index (χ2n) is 6.72. The Morgan fingerprint density at radius 1 is 1.04 bits per heavy atom. The molecule has 1 saturated carbocycles. The molecule has 1 aromatic carbocycles. The summed E-state index contributed by atoms with van der Waals surface area (Å²) in [5, 5.41) is 10.6. The Labute approximate surface area is 152 Å². The average Bonchev–Trinajstić information content (AvgIpc) is 2.69. The highest BCUT2D eigenvalue weighted by molar-refractivity contribution is 5.82. The van der Waals surface area contributed by atoms with E-state index in [0.29, 0.717) is 22.7 Å². The highest BCUT2D eigenvalue weighted by atomic mass is 16.5. The number of benzene rings is 1. The molecule has 2 aromatic heterocycles. The molecule has 1 N–H and O–H groups in total. The zero-order valence-corrected chi connectivity index (χ0v) is 14.8. The SMILES string of the molecule is CN(c1ccc(Oc2nc(O)c3ccncc3n2)cc1)C1CCCCC1. The molecule has 2 heterocycles. The first-order chi connectivity index (χ1) is 12.7. The number of hydrogen-bond donors (Lipinski definition) is 1. The molecule has 26 heavy (non-hydrogen) atoms. The van der Waals surface area contributed by atoms with E-state index in [-0.39, 0.29) is 11.9 Å². The highest BCUT2D eigenvalue weighted by Crippen LogP contribution is 2.29. The first-order valence-electron chi connectivity index (χ1n) is 9.02. The van der Waals surface area contributed by atoms with Gasteiger partial charge in [-0.2, -0.15) is 9.97 Å². The third kappa shape index (κ3) is 3.40. The Bertz CT molecular complexity index is 892. The van der Waals surface area contributed by atoms with E-state index in [2.05, 4.69) is 26.9 Å². The van der Waals surface area contributed by atoms with Crippen molar-refractivity contribution in [3.05, 3.63) is 42.7 Å². The third-order valence-electron chi connectivity index (χ3n) is 5.03. The molecule has 0 radical (unpaired) electrons. The number of anilines is 1. The fourth-order valence-electron chi connectivity index (χ4n) is 3.52. The molecule has 1 fully saturated rings. The van der Waals surface area contributed by atoms with Crippen LogP contribution in [0, 0.1) is 0 Å². The second kappa shape index (κ2) is 7.15. The molecule has 0 amide bonds. The molecule has 0 atom stereocenters. The van der Waals surface area contributed by atoms with Crippen molar-refractivity contribution in [2.75, 3.05) is 11.9 Å². The number of pyridine rings is 1. The largest absolute Gasteiger partial charge is 0.493 e. The normalized spacial score (nSPS) is 15.1. The average molecular weight is 350 g/mol. The number of hydrogen-bond acceptors (Lipinski definition) is 6. The number of aromatic nitrogens is 3. The molecular weight excluding hydrogens is 328 g/mol. The predicted molar refractivity (Wildman–Crippen MR) is 101 cm³/mol. The summed E-state index contributed by atoms with van der Waals surface area (Å²) in [4.78, 5) is 14.7. The molecule has 0 unspecified atom stereocenters. The molecule has 6 nitrogen and oxygen atoms in total. The van der Waals surface area contributed by atoms with E-state index in [9.17, 15) is 5.11 Å². The van der Waals surface area contributed by atoms with Crippen LogP contribution in [0.4, 0.5) is 5.69 Å². The lowest BCUT2D eigenvalue weighted by molar-refractivity contribution is 0.411. The molecule has 1 aliphatic carbocycles. The van der Waals surface area contributed by atoms with Crippen LogP contribution in [0.25, 0.3) is 10.9 Å². The van der Waals surface area contributed by atoms with Crippen molar-refractivity contribution in [3.63, 3.8) is 0 Å². The van der Waals surface area contributed by atoms with Crippen molar-refractivity contribution >= 4 is 16.6 Å². The molecule has 0 bridgehead atoms. The van der Waals surface area contributed by atoms with E-state index in [1.807, 2.05) is 24.3 Å². The van der Waals surface area contributed by atoms with E-state index in [1.165, 1.54) is 37.8 Å². The second-order valence-corrected chi connectivity index (χ2v) is 6.72. The van der Waals surface area contributed by atoms with Crippen molar-refractivity contribution in [2.24, 2.45) is 0 Å². The molecule has 6 heteroatoms. The fourth-order valence-corrected chi connectivity index (χ4v) is 3.52. The van der Waals surface area contributed by atoms with Crippen LogP contribution < -0.4 is 9.64 Å². The summed E-state index contributed by atoms with van der Waals surface area (Å²) >= 11 is 0. The van der Waals surface area contributed by atoms with Crippen molar-refractivity contribution in [2.45, 2.75) is 38.1 Å². The Morgan fingerprint density at radius 3 is 2.58 bits per heavy atom. The minimum atomic E-state index is -0.110. The van der Waals surface area contributed by atoms with E-state index >= 15 is 0 Å². The third-order valence-corrected chi connectivity index (χ3v) is 5.03. The summed E-state index contributed by atoms with van der Waals surface area (Å²) in [5.41, 5.74) is 1.72. The number of fused-ring (bicyclic) bond motifs is 1. The number of ether oxygens (including phenoxy) is 1. The van der Waals surface area contributed by atoms with Crippen LogP contribution in [-0.2, 0) is 0 Å². The summed E-state index contributed by atoms with van der Waals surface area (Å²) in [6.07, 6.45) is 9.66. The van der Waals surface area contributed by atoms with E-state index < -0.39 is 0 Å². The van der Waals surface area contributed by atoms with Crippen LogP contribution in [-0.4, -0.2) is 33.1 Å². The molecule has 4 rings (SSSR count). The van der Waals surface area contributed by atoms with E-state index in [4.69, 9.17) is 4.74 Å². The van der Waals surface area contributed by atoms with Crippen LogP contribution in [0.1, 0.15) is 32.1 Å². The van der Waals surface area contributed by atoms with Crippen LogP contribution in [0.3, 0.4) is 0 Å². The first-order valence-corrected chi connectivity index (χ1v) is 9.02. The van der Waals surface area contributed by atoms with Gasteiger partial charge in [-0.3, -0.25) is 4.98 Å². The van der Waals surface area contributed by atoms with Gasteiger partial charge in [-0.05, 0) is 43.2 Å². The van der Waals surface area contributed by atoms with Gasteiger partial charge in [0.15, 0.2) is 0 Å². The molecule has 0 aliphatic heterocycles. The van der Waals surface area contributed by atoms with Crippen molar-refractivity contribution in [3.8, 4) is 17.6 Å². The van der Waals surface area contributed by atoms with Crippen LogP contribution >= 0.6 is 0 Å². The monoisotopic (exact) mass is 350 g/mol. The Morgan fingerprint density at radius 2 is 1.81 bits per heavy atom. The maximum absolute atomic E-state index is 10.0. The lowest BCUT2D eigenvalue weighted by Gasteiger charge is -2.33. The quantitative estimate of drug-likeness (QED) is 0.757. The van der Waals surface area contributed by atoms with Gasteiger partial charge in [-0.25, -0.2) is 0 Å². The topological polar surface area (TPSA) is 71.4 Å². The maximum Gasteiger partial charge on any atom is 0.325 e. The molecule has 1 aliphatic rings. The van der Waals surface area contributed by atoms with Gasteiger partial charge in [0.25, 0.3) is 0 Å². The zero-order chi connectivity index (χ0) is 17.9. The van der Waals surface area contributed by atoms with Crippen LogP contribution in [0.5, 0.6) is 17.6 Å². The lowest BCUT2D eigenvalue weighted by Crippen LogP contribution is -2.33. The maximum atomic E-state index is 10.0. The van der Waals surface area contributed by atoms with E-state index in [1.54, 1.807) is 18.5 Å². The van der Waals surface area contributed by atoms with Crippen LogP contribution in [0.2, 0.25) is 0 Å². The minimum absolute atomic E-state index is 0.108. The summed E-state index contributed by atoms with van der Waals surface area (Å²) < 4.78 is 5.72. The lowest BCUT2D eigenvalue weighted by atomic mass is 9.94. The summed E-state index contributed by atoms with van der Waals surface area (Å²) in [5.74, 6) is 0.523. The molecule has 0 saturated heterocycles. The number of rotatable bonds is 4.